The van der Waals surface area contributed by atoms with Crippen molar-refractivity contribution < 1.29 is 27.9 Å². The van der Waals surface area contributed by atoms with Gasteiger partial charge in [0.2, 0.25) is 10.0 Å². The number of piperazine rings is 1. The third-order valence-electron chi connectivity index (χ3n) is 4.90. The minimum atomic E-state index is -3.72. The Labute approximate surface area is 169 Å². The average molecular weight is 417 g/mol. The molecule has 1 amide bonds. The van der Waals surface area contributed by atoms with E-state index < -0.39 is 21.9 Å². The molecule has 1 aliphatic heterocycles. The monoisotopic (exact) mass is 417 g/mol. The quantitative estimate of drug-likeness (QED) is 0.702. The highest BCUT2D eigenvalue weighted by Gasteiger charge is 2.32. The second-order valence-corrected chi connectivity index (χ2v) is 8.57. The molecule has 0 unspecified atom stereocenters. The van der Waals surface area contributed by atoms with E-state index in [4.69, 9.17) is 4.74 Å². The first-order valence-corrected chi connectivity index (χ1v) is 10.4. The van der Waals surface area contributed by atoms with Crippen LogP contribution in [0.25, 0.3) is 0 Å². The number of aromatic carboxylic acids is 1. The second-order valence-electron chi connectivity index (χ2n) is 6.66. The van der Waals surface area contributed by atoms with Crippen LogP contribution in [0.5, 0.6) is 5.75 Å². The summed E-state index contributed by atoms with van der Waals surface area (Å²) in [5, 5.41) is 11.2. The average Bonchev–Trinajstić information content (AvgIpc) is 2.72. The van der Waals surface area contributed by atoms with Gasteiger partial charge in [-0.3, -0.25) is 4.79 Å². The van der Waals surface area contributed by atoms with Crippen molar-refractivity contribution in [3.8, 4) is 5.75 Å². The number of benzene rings is 2. The van der Waals surface area contributed by atoms with Gasteiger partial charge in [-0.15, -0.1) is 0 Å². The van der Waals surface area contributed by atoms with Crippen LogP contribution >= 0.6 is 0 Å². The number of sulfonamides is 1. The van der Waals surface area contributed by atoms with E-state index in [-0.39, 0.29) is 42.2 Å². The van der Waals surface area contributed by atoms with Crippen LogP contribution in [0, 0.1) is 6.92 Å². The lowest BCUT2D eigenvalue weighted by Crippen LogP contribution is -2.50. The third kappa shape index (κ3) is 4.10. The van der Waals surface area contributed by atoms with Crippen LogP contribution in [0.4, 0.5) is 0 Å². The summed E-state index contributed by atoms with van der Waals surface area (Å²) >= 11 is 0. The molecule has 1 fully saturated rings. The minimum Gasteiger partial charge on any atom is -0.545 e. The number of carboxylic acid groups (broad SMARTS) is 1. The van der Waals surface area contributed by atoms with Crippen molar-refractivity contribution in [3.05, 3.63) is 59.2 Å². The van der Waals surface area contributed by atoms with E-state index in [1.165, 1.54) is 40.6 Å². The standard InChI is InChI=1S/C20H22N2O6S/c1-14-13-15(28-2)7-8-18(14)29(26,27)22-11-9-21(10-12-22)19(23)16-5-3-4-6-17(16)20(24)25/h3-8,13H,9-12H2,1-2H3,(H,24,25)/p-1. The summed E-state index contributed by atoms with van der Waals surface area (Å²) in [6.45, 7) is 2.26. The van der Waals surface area contributed by atoms with Gasteiger partial charge in [-0.1, -0.05) is 18.2 Å². The van der Waals surface area contributed by atoms with Gasteiger partial charge < -0.3 is 19.5 Å². The van der Waals surface area contributed by atoms with Crippen molar-refractivity contribution in [2.45, 2.75) is 11.8 Å². The van der Waals surface area contributed by atoms with Crippen LogP contribution in [0.1, 0.15) is 26.3 Å². The molecule has 1 saturated heterocycles. The molecule has 2 aromatic carbocycles. The molecule has 0 bridgehead atoms. The van der Waals surface area contributed by atoms with E-state index in [9.17, 15) is 23.1 Å². The van der Waals surface area contributed by atoms with Crippen LogP contribution < -0.4 is 9.84 Å². The van der Waals surface area contributed by atoms with Crippen LogP contribution in [0.2, 0.25) is 0 Å². The van der Waals surface area contributed by atoms with E-state index in [1.807, 2.05) is 0 Å². The summed E-state index contributed by atoms with van der Waals surface area (Å²) in [7, 11) is -2.21. The first kappa shape index (κ1) is 20.8. The van der Waals surface area contributed by atoms with E-state index in [0.717, 1.165) is 0 Å². The molecule has 1 heterocycles. The van der Waals surface area contributed by atoms with Gasteiger partial charge in [0.15, 0.2) is 0 Å². The molecule has 0 aliphatic carbocycles. The van der Waals surface area contributed by atoms with Crippen molar-refractivity contribution in [1.29, 1.82) is 0 Å². The van der Waals surface area contributed by atoms with Gasteiger partial charge in [-0.05, 0) is 36.8 Å². The molecule has 154 valence electrons. The molecule has 0 radical (unpaired) electrons. The maximum absolute atomic E-state index is 13.0. The lowest BCUT2D eigenvalue weighted by molar-refractivity contribution is -0.255. The first-order chi connectivity index (χ1) is 13.8. The first-order valence-electron chi connectivity index (χ1n) is 9.00. The van der Waals surface area contributed by atoms with Gasteiger partial charge in [0.1, 0.15) is 5.75 Å². The van der Waals surface area contributed by atoms with E-state index >= 15 is 0 Å². The minimum absolute atomic E-state index is 0.0369. The fourth-order valence-electron chi connectivity index (χ4n) is 3.33. The SMILES string of the molecule is COc1ccc(S(=O)(=O)N2CCN(C(=O)c3ccccc3C(=O)[O-])CC2)c(C)c1. The van der Waals surface area contributed by atoms with Gasteiger partial charge in [-0.25, -0.2) is 8.42 Å². The highest BCUT2D eigenvalue weighted by Crippen LogP contribution is 2.25. The molecule has 0 atom stereocenters. The number of amides is 1. The Kier molecular flexibility index (Phi) is 5.90. The van der Waals surface area contributed by atoms with E-state index in [1.54, 1.807) is 25.1 Å². The molecule has 3 rings (SSSR count). The zero-order valence-electron chi connectivity index (χ0n) is 16.1. The molecular formula is C20H21N2O6S-. The Morgan fingerprint density at radius 1 is 1.00 bits per heavy atom. The van der Waals surface area contributed by atoms with Gasteiger partial charge in [-0.2, -0.15) is 4.31 Å². The van der Waals surface area contributed by atoms with Crippen LogP contribution in [0.3, 0.4) is 0 Å². The number of carbonyl (C=O) groups excluding carboxylic acids is 2. The summed E-state index contributed by atoms with van der Waals surface area (Å²) in [4.78, 5) is 25.6. The van der Waals surface area contributed by atoms with Crippen LogP contribution in [-0.4, -0.2) is 62.8 Å². The van der Waals surface area contributed by atoms with E-state index in [2.05, 4.69) is 0 Å². The zero-order chi connectivity index (χ0) is 21.2. The Morgan fingerprint density at radius 3 is 2.17 bits per heavy atom. The third-order valence-corrected chi connectivity index (χ3v) is 6.96. The maximum Gasteiger partial charge on any atom is 0.254 e. The van der Waals surface area contributed by atoms with Crippen molar-refractivity contribution >= 4 is 21.9 Å². The van der Waals surface area contributed by atoms with E-state index in [0.29, 0.717) is 11.3 Å². The molecule has 9 heteroatoms. The summed E-state index contributed by atoms with van der Waals surface area (Å²) < 4.78 is 32.4. The number of hydrogen-bond donors (Lipinski definition) is 0. The molecular weight excluding hydrogens is 396 g/mol. The Morgan fingerprint density at radius 2 is 1.62 bits per heavy atom. The molecule has 29 heavy (non-hydrogen) atoms. The van der Waals surface area contributed by atoms with Gasteiger partial charge in [0, 0.05) is 37.3 Å². The van der Waals surface area contributed by atoms with Crippen molar-refractivity contribution in [3.63, 3.8) is 0 Å². The lowest BCUT2D eigenvalue weighted by Gasteiger charge is -2.34. The number of ether oxygens (including phenoxy) is 1. The molecule has 1 aliphatic rings. The molecule has 0 spiro atoms. The number of rotatable bonds is 5. The number of carbonyl (C=O) groups is 2. The fourth-order valence-corrected chi connectivity index (χ4v) is 4.95. The predicted octanol–water partition coefficient (Wildman–Crippen LogP) is 0.514. The second kappa shape index (κ2) is 8.22. The van der Waals surface area contributed by atoms with Gasteiger partial charge >= 0.3 is 0 Å². The fraction of sp³-hybridized carbons (Fsp3) is 0.300. The van der Waals surface area contributed by atoms with Crippen LogP contribution in [-0.2, 0) is 10.0 Å². The molecule has 0 N–H and O–H groups in total. The zero-order valence-corrected chi connectivity index (χ0v) is 16.9. The van der Waals surface area contributed by atoms with Crippen molar-refractivity contribution in [1.82, 2.24) is 9.21 Å². The normalized spacial score (nSPS) is 15.2. The topological polar surface area (TPSA) is 107 Å². The van der Waals surface area contributed by atoms with Crippen molar-refractivity contribution in [2.24, 2.45) is 0 Å². The Bertz CT molecular complexity index is 1040. The lowest BCUT2D eigenvalue weighted by atomic mass is 10.1. The smallest absolute Gasteiger partial charge is 0.254 e. The summed E-state index contributed by atoms with van der Waals surface area (Å²) in [6.07, 6.45) is 0. The van der Waals surface area contributed by atoms with Gasteiger partial charge in [0.05, 0.1) is 18.0 Å². The molecule has 0 saturated carbocycles. The number of carboxylic acids is 1. The summed E-state index contributed by atoms with van der Waals surface area (Å²) in [6, 6.07) is 10.6. The number of nitrogens with zero attached hydrogens (tertiary/aromatic N) is 2. The number of hydrogen-bond acceptors (Lipinski definition) is 6. The van der Waals surface area contributed by atoms with Crippen molar-refractivity contribution in [2.75, 3.05) is 33.3 Å². The number of methoxy groups -OCH3 is 1. The largest absolute Gasteiger partial charge is 0.545 e. The predicted molar refractivity (Wildman–Crippen MR) is 103 cm³/mol. The number of aryl methyl sites for hydroxylation is 1. The molecule has 2 aromatic rings. The van der Waals surface area contributed by atoms with Crippen LogP contribution in [0.15, 0.2) is 47.4 Å². The Hall–Kier alpha value is -2.91. The summed E-state index contributed by atoms with van der Waals surface area (Å²) in [5.41, 5.74) is 0.432. The Balaban J connectivity index is 1.75. The highest BCUT2D eigenvalue weighted by molar-refractivity contribution is 7.89. The molecule has 8 nitrogen and oxygen atoms in total. The highest BCUT2D eigenvalue weighted by atomic mass is 32.2. The van der Waals surface area contributed by atoms with Gasteiger partial charge in [0.25, 0.3) is 5.91 Å². The molecule has 0 aromatic heterocycles. The summed E-state index contributed by atoms with van der Waals surface area (Å²) in [5.74, 6) is -1.31. The maximum atomic E-state index is 13.0.